The van der Waals surface area contributed by atoms with E-state index in [2.05, 4.69) is 49.0 Å². The van der Waals surface area contributed by atoms with Gasteiger partial charge in [0.2, 0.25) is 0 Å². The van der Waals surface area contributed by atoms with Crippen LogP contribution in [0.15, 0.2) is 87.4 Å². The highest BCUT2D eigenvalue weighted by atomic mass is 79.9. The molecule has 0 aliphatic heterocycles. The smallest absolute Gasteiger partial charge is 0.271 e. The molecule has 1 N–H and O–H groups in total. The highest BCUT2D eigenvalue weighted by molar-refractivity contribution is 9.10. The fourth-order valence-corrected chi connectivity index (χ4v) is 3.44. The molecular weight excluding hydrogens is 552 g/mol. The number of halogens is 2. The van der Waals surface area contributed by atoms with E-state index in [0.717, 1.165) is 14.5 Å². The molecule has 170 valence electrons. The van der Waals surface area contributed by atoms with Crippen LogP contribution >= 0.6 is 31.9 Å². The van der Waals surface area contributed by atoms with Gasteiger partial charge in [0, 0.05) is 20.1 Å². The monoisotopic (exact) mass is 572 g/mol. The normalized spacial score (nSPS) is 10.6. The molecule has 3 rings (SSSR count). The first kappa shape index (κ1) is 24.5. The Bertz CT molecular complexity index is 1150. The van der Waals surface area contributed by atoms with E-state index in [1.807, 2.05) is 42.5 Å². The van der Waals surface area contributed by atoms with Crippen LogP contribution in [-0.4, -0.2) is 25.8 Å². The molecular formula is C25H22Br2N2O4. The molecule has 0 radical (unpaired) electrons. The van der Waals surface area contributed by atoms with Gasteiger partial charge in [-0.2, -0.15) is 5.10 Å². The lowest BCUT2D eigenvalue weighted by Gasteiger charge is -2.11. The maximum absolute atomic E-state index is 12.5. The molecule has 0 atom stereocenters. The maximum atomic E-state index is 12.5. The fraction of sp³-hybridized carbons (Fsp3) is 0.120. The standard InChI is InChI=1S/C25H22Br2N2O4/c1-3-12-32-23-10-6-18(14-24(23)31-2)25(30)29-28-15-19-13-21(27)9-11-22(19)33-16-17-4-7-20(26)8-5-17/h3-11,13-15H,1,12,16H2,2H3,(H,29,30)/b28-15+. The highest BCUT2D eigenvalue weighted by Gasteiger charge is 2.11. The van der Waals surface area contributed by atoms with E-state index in [4.69, 9.17) is 14.2 Å². The fourth-order valence-electron chi connectivity index (χ4n) is 2.80. The van der Waals surface area contributed by atoms with Gasteiger partial charge in [0.15, 0.2) is 11.5 Å². The van der Waals surface area contributed by atoms with Gasteiger partial charge in [-0.1, -0.05) is 56.6 Å². The van der Waals surface area contributed by atoms with Crippen LogP contribution in [0.3, 0.4) is 0 Å². The molecule has 1 amide bonds. The third kappa shape index (κ3) is 7.20. The van der Waals surface area contributed by atoms with Crippen molar-refractivity contribution < 1.29 is 19.0 Å². The lowest BCUT2D eigenvalue weighted by Crippen LogP contribution is -2.17. The van der Waals surface area contributed by atoms with E-state index in [-0.39, 0.29) is 5.91 Å². The van der Waals surface area contributed by atoms with Crippen molar-refractivity contribution in [3.8, 4) is 17.2 Å². The zero-order valence-corrected chi connectivity index (χ0v) is 21.1. The van der Waals surface area contributed by atoms with Crippen molar-refractivity contribution in [2.45, 2.75) is 6.61 Å². The Kier molecular flexibility index (Phi) is 9.09. The molecule has 8 heteroatoms. The van der Waals surface area contributed by atoms with Crippen molar-refractivity contribution >= 4 is 44.0 Å². The van der Waals surface area contributed by atoms with Crippen molar-refractivity contribution in [3.05, 3.63) is 99.0 Å². The molecule has 0 fully saturated rings. The Hall–Kier alpha value is -3.10. The molecule has 0 aliphatic rings. The van der Waals surface area contributed by atoms with Crippen LogP contribution in [0, 0.1) is 0 Å². The Morgan fingerprint density at radius 2 is 1.70 bits per heavy atom. The first-order valence-corrected chi connectivity index (χ1v) is 11.5. The van der Waals surface area contributed by atoms with E-state index in [1.54, 1.807) is 30.5 Å². The van der Waals surface area contributed by atoms with Gasteiger partial charge in [0.05, 0.1) is 13.3 Å². The van der Waals surface area contributed by atoms with Crippen molar-refractivity contribution in [2.75, 3.05) is 13.7 Å². The predicted octanol–water partition coefficient (Wildman–Crippen LogP) is 6.13. The van der Waals surface area contributed by atoms with Gasteiger partial charge in [0.25, 0.3) is 5.91 Å². The zero-order chi connectivity index (χ0) is 23.6. The van der Waals surface area contributed by atoms with E-state index in [0.29, 0.717) is 41.6 Å². The summed E-state index contributed by atoms with van der Waals surface area (Å²) in [6.45, 7) is 4.36. The van der Waals surface area contributed by atoms with E-state index >= 15 is 0 Å². The van der Waals surface area contributed by atoms with Gasteiger partial charge in [0.1, 0.15) is 19.0 Å². The number of hydrogen-bond acceptors (Lipinski definition) is 5. The van der Waals surface area contributed by atoms with Gasteiger partial charge in [-0.25, -0.2) is 5.43 Å². The number of hydrogen-bond donors (Lipinski definition) is 1. The SMILES string of the molecule is C=CCOc1ccc(C(=O)N/N=C/c2cc(Br)ccc2OCc2ccc(Br)cc2)cc1OC. The zero-order valence-electron chi connectivity index (χ0n) is 17.9. The van der Waals surface area contributed by atoms with Gasteiger partial charge in [-0.05, 0) is 54.1 Å². The number of carbonyl (C=O) groups is 1. The molecule has 3 aromatic carbocycles. The molecule has 0 bridgehead atoms. The number of hydrazone groups is 1. The van der Waals surface area contributed by atoms with Crippen LogP contribution in [-0.2, 0) is 6.61 Å². The second-order valence-corrected chi connectivity index (χ2v) is 8.59. The number of rotatable bonds is 10. The van der Waals surface area contributed by atoms with E-state index in [1.165, 1.54) is 7.11 Å². The van der Waals surface area contributed by atoms with Crippen LogP contribution < -0.4 is 19.6 Å². The summed E-state index contributed by atoms with van der Waals surface area (Å²) in [6.07, 6.45) is 3.17. The number of benzene rings is 3. The minimum atomic E-state index is -0.382. The summed E-state index contributed by atoms with van der Waals surface area (Å²) in [6, 6.07) is 18.4. The van der Waals surface area contributed by atoms with E-state index in [9.17, 15) is 4.79 Å². The molecule has 0 heterocycles. The quantitative estimate of drug-likeness (QED) is 0.180. The molecule has 6 nitrogen and oxygen atoms in total. The summed E-state index contributed by atoms with van der Waals surface area (Å²) >= 11 is 6.88. The van der Waals surface area contributed by atoms with Crippen LogP contribution in [0.25, 0.3) is 0 Å². The summed E-state index contributed by atoms with van der Waals surface area (Å²) in [5.41, 5.74) is 4.66. The van der Waals surface area contributed by atoms with Crippen LogP contribution in [0.4, 0.5) is 0 Å². The van der Waals surface area contributed by atoms with Gasteiger partial charge in [-0.15, -0.1) is 0 Å². The van der Waals surface area contributed by atoms with Crippen molar-refractivity contribution in [3.63, 3.8) is 0 Å². The molecule has 0 aromatic heterocycles. The average molecular weight is 574 g/mol. The molecule has 0 spiro atoms. The van der Waals surface area contributed by atoms with Crippen molar-refractivity contribution in [1.29, 1.82) is 0 Å². The molecule has 0 saturated heterocycles. The maximum Gasteiger partial charge on any atom is 0.271 e. The number of amides is 1. The number of nitrogens with zero attached hydrogens (tertiary/aromatic N) is 1. The lowest BCUT2D eigenvalue weighted by atomic mass is 10.2. The largest absolute Gasteiger partial charge is 0.493 e. The molecule has 0 saturated carbocycles. The van der Waals surface area contributed by atoms with Gasteiger partial charge in [-0.3, -0.25) is 4.79 Å². The van der Waals surface area contributed by atoms with Crippen LogP contribution in [0.5, 0.6) is 17.2 Å². The Morgan fingerprint density at radius 1 is 0.970 bits per heavy atom. The van der Waals surface area contributed by atoms with Gasteiger partial charge >= 0.3 is 0 Å². The first-order chi connectivity index (χ1) is 16.0. The molecule has 0 aliphatic carbocycles. The third-order valence-electron chi connectivity index (χ3n) is 4.43. The summed E-state index contributed by atoms with van der Waals surface area (Å²) in [7, 11) is 1.51. The molecule has 0 unspecified atom stereocenters. The Labute approximate surface area is 209 Å². The topological polar surface area (TPSA) is 69.2 Å². The summed E-state index contributed by atoms with van der Waals surface area (Å²) in [5, 5.41) is 4.10. The molecule has 3 aromatic rings. The number of ether oxygens (including phenoxy) is 3. The van der Waals surface area contributed by atoms with Crippen molar-refractivity contribution in [1.82, 2.24) is 5.43 Å². The van der Waals surface area contributed by atoms with Crippen molar-refractivity contribution in [2.24, 2.45) is 5.10 Å². The van der Waals surface area contributed by atoms with Gasteiger partial charge < -0.3 is 14.2 Å². The molecule has 33 heavy (non-hydrogen) atoms. The summed E-state index contributed by atoms with van der Waals surface area (Å²) in [5.74, 6) is 1.24. The number of methoxy groups -OCH3 is 1. The Morgan fingerprint density at radius 3 is 2.42 bits per heavy atom. The minimum Gasteiger partial charge on any atom is -0.493 e. The van der Waals surface area contributed by atoms with E-state index < -0.39 is 0 Å². The third-order valence-corrected chi connectivity index (χ3v) is 5.45. The van der Waals surface area contributed by atoms with Crippen LogP contribution in [0.1, 0.15) is 21.5 Å². The minimum absolute atomic E-state index is 0.338. The predicted molar refractivity (Wildman–Crippen MR) is 136 cm³/mol. The number of nitrogens with one attached hydrogen (secondary N) is 1. The second-order valence-electron chi connectivity index (χ2n) is 6.76. The summed E-state index contributed by atoms with van der Waals surface area (Å²) < 4.78 is 18.6. The first-order valence-electron chi connectivity index (χ1n) is 9.92. The lowest BCUT2D eigenvalue weighted by molar-refractivity contribution is 0.0954. The van der Waals surface area contributed by atoms with Crippen LogP contribution in [0.2, 0.25) is 0 Å². The number of carbonyl (C=O) groups excluding carboxylic acids is 1. The Balaban J connectivity index is 1.68. The highest BCUT2D eigenvalue weighted by Crippen LogP contribution is 2.28. The summed E-state index contributed by atoms with van der Waals surface area (Å²) in [4.78, 5) is 12.5. The average Bonchev–Trinajstić information content (AvgIpc) is 2.83. The second kappa shape index (κ2) is 12.2.